The van der Waals surface area contributed by atoms with E-state index in [4.69, 9.17) is 0 Å². The Morgan fingerprint density at radius 2 is 2.12 bits per heavy atom. The molecule has 1 heterocycles. The summed E-state index contributed by atoms with van der Waals surface area (Å²) < 4.78 is 0. The minimum Gasteiger partial charge on any atom is -0.302 e. The predicted octanol–water partition coefficient (Wildman–Crippen LogP) is 4.31. The van der Waals surface area contributed by atoms with E-state index in [1.54, 1.807) is 0 Å². The first kappa shape index (κ1) is 14.5. The highest BCUT2D eigenvalue weighted by molar-refractivity contribution is 9.09. The summed E-state index contributed by atoms with van der Waals surface area (Å²) >= 11 is 3.82. The molecule has 0 N–H and O–H groups in total. The zero-order valence-electron chi connectivity index (χ0n) is 11.2. The maximum Gasteiger partial charge on any atom is 0.0299 e. The van der Waals surface area contributed by atoms with Gasteiger partial charge in [-0.05, 0) is 31.2 Å². The van der Waals surface area contributed by atoms with Gasteiger partial charge in [0.25, 0.3) is 0 Å². The minimum atomic E-state index is 0.713. The van der Waals surface area contributed by atoms with E-state index in [1.807, 2.05) is 0 Å². The molecular formula is C14H28BrN. The molecule has 1 aliphatic heterocycles. The van der Waals surface area contributed by atoms with Crippen LogP contribution in [0.15, 0.2) is 0 Å². The monoisotopic (exact) mass is 289 g/mol. The molecule has 96 valence electrons. The van der Waals surface area contributed by atoms with Crippen LogP contribution in [0.2, 0.25) is 0 Å². The first-order valence-corrected chi connectivity index (χ1v) is 7.95. The maximum atomic E-state index is 3.82. The summed E-state index contributed by atoms with van der Waals surface area (Å²) in [5, 5.41) is 0. The summed E-state index contributed by atoms with van der Waals surface area (Å²) in [6, 6.07) is 0. The van der Waals surface area contributed by atoms with Gasteiger partial charge in [-0.1, -0.05) is 56.0 Å². The Hall–Kier alpha value is 0.440. The maximum absolute atomic E-state index is 3.82. The molecule has 2 heteroatoms. The van der Waals surface area contributed by atoms with Gasteiger partial charge in [-0.3, -0.25) is 0 Å². The molecule has 0 amide bonds. The lowest BCUT2D eigenvalue weighted by atomic mass is 9.95. The Morgan fingerprint density at radius 1 is 1.38 bits per heavy atom. The summed E-state index contributed by atoms with van der Waals surface area (Å²) in [6.45, 7) is 10.9. The first-order valence-electron chi connectivity index (χ1n) is 7.03. The van der Waals surface area contributed by atoms with Crippen molar-refractivity contribution >= 4 is 15.9 Å². The molecule has 3 atom stereocenters. The number of hydrogen-bond acceptors (Lipinski definition) is 1. The molecule has 0 aromatic carbocycles. The third-order valence-electron chi connectivity index (χ3n) is 4.01. The molecule has 0 radical (unpaired) electrons. The molecule has 0 aromatic rings. The largest absolute Gasteiger partial charge is 0.302 e. The highest BCUT2D eigenvalue weighted by Crippen LogP contribution is 2.25. The fourth-order valence-electron chi connectivity index (χ4n) is 2.53. The van der Waals surface area contributed by atoms with Crippen LogP contribution in [0.3, 0.4) is 0 Å². The van der Waals surface area contributed by atoms with Gasteiger partial charge in [-0.25, -0.2) is 0 Å². The van der Waals surface area contributed by atoms with Gasteiger partial charge < -0.3 is 4.90 Å². The lowest BCUT2D eigenvalue weighted by Gasteiger charge is -2.36. The number of unbranched alkanes of at least 4 members (excludes halogenated alkanes) is 1. The van der Waals surface area contributed by atoms with Crippen LogP contribution in [0.4, 0.5) is 0 Å². The van der Waals surface area contributed by atoms with E-state index < -0.39 is 0 Å². The van der Waals surface area contributed by atoms with Crippen molar-refractivity contribution in [3.63, 3.8) is 0 Å². The lowest BCUT2D eigenvalue weighted by molar-refractivity contribution is 0.167. The number of hydrogen-bond donors (Lipinski definition) is 0. The second kappa shape index (κ2) is 7.71. The van der Waals surface area contributed by atoms with Gasteiger partial charge in [0.15, 0.2) is 0 Å². The van der Waals surface area contributed by atoms with Crippen molar-refractivity contribution in [1.29, 1.82) is 0 Å². The van der Waals surface area contributed by atoms with E-state index in [2.05, 4.69) is 41.6 Å². The van der Waals surface area contributed by atoms with Gasteiger partial charge in [0.05, 0.1) is 0 Å². The molecule has 1 saturated heterocycles. The predicted molar refractivity (Wildman–Crippen MR) is 76.2 cm³/mol. The highest BCUT2D eigenvalue weighted by Gasteiger charge is 2.24. The second-order valence-electron chi connectivity index (χ2n) is 5.46. The summed E-state index contributed by atoms with van der Waals surface area (Å²) in [7, 11) is 0. The number of alkyl halides is 1. The first-order chi connectivity index (χ1) is 7.67. The number of halogens is 1. The Morgan fingerprint density at radius 3 is 2.69 bits per heavy atom. The topological polar surface area (TPSA) is 3.24 Å². The molecular weight excluding hydrogens is 262 g/mol. The van der Waals surface area contributed by atoms with Crippen LogP contribution in [0.1, 0.15) is 52.9 Å². The smallest absolute Gasteiger partial charge is 0.0299 e. The number of nitrogens with zero attached hydrogens (tertiary/aromatic N) is 1. The molecule has 0 aromatic heterocycles. The molecule has 1 aliphatic rings. The molecule has 0 aliphatic carbocycles. The van der Waals surface area contributed by atoms with Gasteiger partial charge in [0, 0.05) is 17.9 Å². The van der Waals surface area contributed by atoms with Crippen molar-refractivity contribution in [3.05, 3.63) is 0 Å². The van der Waals surface area contributed by atoms with Gasteiger partial charge in [0.2, 0.25) is 0 Å². The Labute approximate surface area is 110 Å². The van der Waals surface area contributed by atoms with Gasteiger partial charge in [0.1, 0.15) is 0 Å². The van der Waals surface area contributed by atoms with E-state index in [0.29, 0.717) is 4.83 Å². The van der Waals surface area contributed by atoms with Crippen LogP contribution < -0.4 is 0 Å². The highest BCUT2D eigenvalue weighted by atomic mass is 79.9. The summed E-state index contributed by atoms with van der Waals surface area (Å²) in [5.74, 6) is 1.78. The Kier molecular flexibility index (Phi) is 6.98. The number of likely N-dealkylation sites (tertiary alicyclic amines) is 1. The van der Waals surface area contributed by atoms with E-state index >= 15 is 0 Å². The summed E-state index contributed by atoms with van der Waals surface area (Å²) in [5.41, 5.74) is 0. The van der Waals surface area contributed by atoms with E-state index in [0.717, 1.165) is 11.8 Å². The molecule has 1 nitrogen and oxygen atoms in total. The van der Waals surface area contributed by atoms with Crippen LogP contribution in [0.25, 0.3) is 0 Å². The molecule has 16 heavy (non-hydrogen) atoms. The Balaban J connectivity index is 2.29. The fraction of sp³-hybridized carbons (Fsp3) is 1.00. The fourth-order valence-corrected chi connectivity index (χ4v) is 3.21. The van der Waals surface area contributed by atoms with Crippen LogP contribution >= 0.6 is 15.9 Å². The van der Waals surface area contributed by atoms with Crippen LogP contribution in [0, 0.1) is 11.8 Å². The van der Waals surface area contributed by atoms with Crippen LogP contribution in [0.5, 0.6) is 0 Å². The molecule has 0 saturated carbocycles. The lowest BCUT2D eigenvalue weighted by Crippen LogP contribution is -2.42. The van der Waals surface area contributed by atoms with E-state index in [-0.39, 0.29) is 0 Å². The third-order valence-corrected chi connectivity index (χ3v) is 5.20. The van der Waals surface area contributed by atoms with Gasteiger partial charge >= 0.3 is 0 Å². The third kappa shape index (κ3) is 4.75. The summed E-state index contributed by atoms with van der Waals surface area (Å²) in [6.07, 6.45) is 6.88. The minimum absolute atomic E-state index is 0.713. The van der Waals surface area contributed by atoms with Crippen molar-refractivity contribution in [2.75, 3.05) is 19.6 Å². The van der Waals surface area contributed by atoms with Gasteiger partial charge in [-0.2, -0.15) is 0 Å². The molecule has 3 unspecified atom stereocenters. The molecule has 1 fully saturated rings. The second-order valence-corrected chi connectivity index (χ2v) is 6.63. The average Bonchev–Trinajstić information content (AvgIpc) is 2.29. The Bertz CT molecular complexity index is 184. The van der Waals surface area contributed by atoms with Crippen molar-refractivity contribution in [3.8, 4) is 0 Å². The van der Waals surface area contributed by atoms with E-state index in [1.165, 1.54) is 51.7 Å². The zero-order valence-corrected chi connectivity index (χ0v) is 12.8. The quantitative estimate of drug-likeness (QED) is 0.659. The number of piperidine rings is 1. The van der Waals surface area contributed by atoms with Crippen molar-refractivity contribution in [2.45, 2.75) is 57.7 Å². The number of rotatable bonds is 6. The van der Waals surface area contributed by atoms with Gasteiger partial charge in [-0.15, -0.1) is 0 Å². The average molecular weight is 290 g/mol. The summed E-state index contributed by atoms with van der Waals surface area (Å²) in [4.78, 5) is 3.38. The van der Waals surface area contributed by atoms with E-state index in [9.17, 15) is 0 Å². The van der Waals surface area contributed by atoms with Crippen molar-refractivity contribution in [1.82, 2.24) is 4.90 Å². The normalized spacial score (nSPS) is 29.2. The zero-order chi connectivity index (χ0) is 12.0. The molecule has 0 spiro atoms. The van der Waals surface area contributed by atoms with Crippen molar-refractivity contribution < 1.29 is 0 Å². The molecule has 0 bridgehead atoms. The standard InChI is InChI=1S/C14H28BrN/c1-4-6-7-13(5-2)10-16-9-8-12(3)14(15)11-16/h12-14H,4-11H2,1-3H3. The molecule has 1 rings (SSSR count). The van der Waals surface area contributed by atoms with Crippen molar-refractivity contribution in [2.24, 2.45) is 11.8 Å². The van der Waals surface area contributed by atoms with Crippen LogP contribution in [-0.2, 0) is 0 Å². The van der Waals surface area contributed by atoms with Crippen LogP contribution in [-0.4, -0.2) is 29.4 Å². The SMILES string of the molecule is CCCCC(CC)CN1CCC(C)C(Br)C1.